The molecular weight excluding hydrogens is 220 g/mol. The highest BCUT2D eigenvalue weighted by atomic mass is 35.5. The molecule has 0 aliphatic rings. The van der Waals surface area contributed by atoms with E-state index in [0.29, 0.717) is 10.6 Å². The number of pyridine rings is 1. The minimum atomic E-state index is 0.613. The van der Waals surface area contributed by atoms with E-state index in [2.05, 4.69) is 11.1 Å². The molecular formula is C13H8ClN2. The van der Waals surface area contributed by atoms with Crippen LogP contribution in [0.15, 0.2) is 42.7 Å². The van der Waals surface area contributed by atoms with Crippen LogP contribution in [-0.2, 0) is 0 Å². The Labute approximate surface area is 99.1 Å². The first-order valence-corrected chi connectivity index (χ1v) is 5.11. The normalized spacial score (nSPS) is 9.75. The van der Waals surface area contributed by atoms with Crippen LogP contribution in [0.5, 0.6) is 0 Å². The predicted octanol–water partition coefficient (Wildman–Crippen LogP) is 3.21. The van der Waals surface area contributed by atoms with Gasteiger partial charge in [-0.2, -0.15) is 5.26 Å². The second-order valence-electron chi connectivity index (χ2n) is 3.31. The van der Waals surface area contributed by atoms with Crippen molar-refractivity contribution in [1.82, 2.24) is 4.98 Å². The zero-order valence-electron chi connectivity index (χ0n) is 8.39. The molecule has 1 heterocycles. The molecule has 0 aliphatic carbocycles. The molecule has 0 fully saturated rings. The summed E-state index contributed by atoms with van der Waals surface area (Å²) < 4.78 is 0. The summed E-state index contributed by atoms with van der Waals surface area (Å²) in [7, 11) is 0. The van der Waals surface area contributed by atoms with E-state index < -0.39 is 0 Å². The lowest BCUT2D eigenvalue weighted by atomic mass is 10.1. The highest BCUT2D eigenvalue weighted by Gasteiger charge is 1.99. The Morgan fingerprint density at radius 3 is 2.50 bits per heavy atom. The van der Waals surface area contributed by atoms with Crippen LogP contribution < -0.4 is 0 Å². The van der Waals surface area contributed by atoms with E-state index in [1.54, 1.807) is 24.5 Å². The lowest BCUT2D eigenvalue weighted by Crippen LogP contribution is -1.86. The summed E-state index contributed by atoms with van der Waals surface area (Å²) in [5.41, 5.74) is 2.61. The molecule has 3 heteroatoms. The quantitative estimate of drug-likeness (QED) is 0.790. The van der Waals surface area contributed by atoms with Gasteiger partial charge >= 0.3 is 0 Å². The molecule has 0 saturated heterocycles. The Morgan fingerprint density at radius 2 is 1.88 bits per heavy atom. The first-order chi connectivity index (χ1) is 7.78. The standard InChI is InChI=1S/C13H8ClN2/c14-13-6-12(8-16-9-13)5-10-1-3-11(7-15)4-2-10/h1-6,8-9H. The zero-order chi connectivity index (χ0) is 11.4. The van der Waals surface area contributed by atoms with E-state index in [1.165, 1.54) is 0 Å². The molecule has 0 aliphatic heterocycles. The van der Waals surface area contributed by atoms with Gasteiger partial charge in [-0.05, 0) is 29.3 Å². The van der Waals surface area contributed by atoms with Gasteiger partial charge in [-0.3, -0.25) is 4.98 Å². The molecule has 2 nitrogen and oxygen atoms in total. The van der Waals surface area contributed by atoms with Crippen molar-refractivity contribution in [3.63, 3.8) is 0 Å². The fourth-order valence-corrected chi connectivity index (χ4v) is 1.54. The molecule has 0 amide bonds. The average Bonchev–Trinajstić information content (AvgIpc) is 2.30. The average molecular weight is 228 g/mol. The van der Waals surface area contributed by atoms with E-state index in [4.69, 9.17) is 16.9 Å². The first kappa shape index (κ1) is 10.7. The molecule has 2 rings (SSSR count). The molecule has 0 saturated carbocycles. The van der Waals surface area contributed by atoms with Crippen molar-refractivity contribution < 1.29 is 0 Å². The summed E-state index contributed by atoms with van der Waals surface area (Å²) in [5, 5.41) is 9.28. The van der Waals surface area contributed by atoms with Gasteiger partial charge < -0.3 is 0 Å². The van der Waals surface area contributed by atoms with Crippen molar-refractivity contribution in [3.8, 4) is 6.07 Å². The molecule has 0 bridgehead atoms. The maximum absolute atomic E-state index is 8.67. The number of halogens is 1. The van der Waals surface area contributed by atoms with Crippen LogP contribution in [0.1, 0.15) is 16.7 Å². The van der Waals surface area contributed by atoms with E-state index in [9.17, 15) is 0 Å². The van der Waals surface area contributed by atoms with Gasteiger partial charge in [0.15, 0.2) is 0 Å². The number of benzene rings is 1. The Kier molecular flexibility index (Phi) is 3.19. The number of hydrogen-bond donors (Lipinski definition) is 0. The molecule has 0 unspecified atom stereocenters. The third-order valence-electron chi connectivity index (χ3n) is 2.10. The van der Waals surface area contributed by atoms with Gasteiger partial charge in [-0.1, -0.05) is 23.7 Å². The molecule has 0 N–H and O–H groups in total. The third-order valence-corrected chi connectivity index (χ3v) is 2.31. The summed E-state index contributed by atoms with van der Waals surface area (Å²) in [6.45, 7) is 0. The second-order valence-corrected chi connectivity index (χ2v) is 3.75. The van der Waals surface area contributed by atoms with Gasteiger partial charge in [0.2, 0.25) is 0 Å². The fraction of sp³-hybridized carbons (Fsp3) is 0. The maximum atomic E-state index is 8.67. The van der Waals surface area contributed by atoms with E-state index in [1.807, 2.05) is 24.6 Å². The monoisotopic (exact) mass is 227 g/mol. The first-order valence-electron chi connectivity index (χ1n) is 4.73. The van der Waals surface area contributed by atoms with Gasteiger partial charge in [-0.25, -0.2) is 0 Å². The van der Waals surface area contributed by atoms with Crippen LogP contribution in [0.25, 0.3) is 0 Å². The van der Waals surface area contributed by atoms with Gasteiger partial charge in [0.05, 0.1) is 16.7 Å². The highest BCUT2D eigenvalue weighted by molar-refractivity contribution is 6.30. The third kappa shape index (κ3) is 2.59. The lowest BCUT2D eigenvalue weighted by Gasteiger charge is -2.01. The highest BCUT2D eigenvalue weighted by Crippen LogP contribution is 2.15. The molecule has 77 valence electrons. The zero-order valence-corrected chi connectivity index (χ0v) is 9.15. The van der Waals surface area contributed by atoms with Gasteiger partial charge in [0.1, 0.15) is 0 Å². The van der Waals surface area contributed by atoms with Crippen LogP contribution in [0.3, 0.4) is 0 Å². The van der Waals surface area contributed by atoms with Crippen molar-refractivity contribution >= 4 is 11.6 Å². The second kappa shape index (κ2) is 4.78. The number of aromatic nitrogens is 1. The number of nitrogens with zero attached hydrogens (tertiary/aromatic N) is 2. The van der Waals surface area contributed by atoms with Crippen LogP contribution in [0.4, 0.5) is 0 Å². The summed E-state index contributed by atoms with van der Waals surface area (Å²) in [6.07, 6.45) is 5.29. The summed E-state index contributed by atoms with van der Waals surface area (Å²) in [5.74, 6) is 0. The molecule has 16 heavy (non-hydrogen) atoms. The Hall–Kier alpha value is -1.85. The molecule has 1 aromatic carbocycles. The molecule has 1 radical (unpaired) electrons. The summed E-state index contributed by atoms with van der Waals surface area (Å²) in [4.78, 5) is 4.00. The number of rotatable bonds is 2. The van der Waals surface area contributed by atoms with Gasteiger partial charge in [0, 0.05) is 18.8 Å². The predicted molar refractivity (Wildman–Crippen MR) is 62.9 cm³/mol. The van der Waals surface area contributed by atoms with Crippen molar-refractivity contribution in [2.45, 2.75) is 0 Å². The molecule has 0 spiro atoms. The SMILES string of the molecule is N#Cc1ccc([CH]c2cncc(Cl)c2)cc1. The van der Waals surface area contributed by atoms with Crippen LogP contribution in [0.2, 0.25) is 5.02 Å². The van der Waals surface area contributed by atoms with Crippen LogP contribution >= 0.6 is 11.6 Å². The minimum absolute atomic E-state index is 0.613. The van der Waals surface area contributed by atoms with E-state index in [-0.39, 0.29) is 0 Å². The lowest BCUT2D eigenvalue weighted by molar-refractivity contribution is 1.27. The van der Waals surface area contributed by atoms with Gasteiger partial charge in [-0.15, -0.1) is 0 Å². The summed E-state index contributed by atoms with van der Waals surface area (Å²) >= 11 is 5.83. The molecule has 2 aromatic rings. The molecule has 1 aromatic heterocycles. The van der Waals surface area contributed by atoms with Crippen molar-refractivity contribution in [2.75, 3.05) is 0 Å². The largest absolute Gasteiger partial charge is 0.263 e. The maximum Gasteiger partial charge on any atom is 0.0991 e. The summed E-state index contributed by atoms with van der Waals surface area (Å²) in [6, 6.07) is 11.3. The smallest absolute Gasteiger partial charge is 0.0991 e. The van der Waals surface area contributed by atoms with E-state index >= 15 is 0 Å². The topological polar surface area (TPSA) is 36.7 Å². The Morgan fingerprint density at radius 1 is 1.12 bits per heavy atom. The Balaban J connectivity index is 2.18. The van der Waals surface area contributed by atoms with Crippen LogP contribution in [-0.4, -0.2) is 4.98 Å². The fourth-order valence-electron chi connectivity index (χ4n) is 1.35. The minimum Gasteiger partial charge on any atom is -0.263 e. The van der Waals surface area contributed by atoms with Gasteiger partial charge in [0.25, 0.3) is 0 Å². The van der Waals surface area contributed by atoms with E-state index in [0.717, 1.165) is 11.1 Å². The number of hydrogen-bond acceptors (Lipinski definition) is 2. The molecule has 0 atom stereocenters. The Bertz CT molecular complexity index is 526. The van der Waals surface area contributed by atoms with Crippen LogP contribution in [0, 0.1) is 17.8 Å². The number of nitriles is 1. The van der Waals surface area contributed by atoms with Crippen molar-refractivity contribution in [2.24, 2.45) is 0 Å². The van der Waals surface area contributed by atoms with Crippen molar-refractivity contribution in [1.29, 1.82) is 5.26 Å². The van der Waals surface area contributed by atoms with Crippen molar-refractivity contribution in [3.05, 3.63) is 70.9 Å².